The van der Waals surface area contributed by atoms with Crippen LogP contribution in [0.5, 0.6) is 0 Å². The van der Waals surface area contributed by atoms with Gasteiger partial charge in [-0.2, -0.15) is 0 Å². The van der Waals surface area contributed by atoms with E-state index in [0.717, 1.165) is 38.7 Å². The Morgan fingerprint density at radius 3 is 2.41 bits per heavy atom. The first-order chi connectivity index (χ1) is 14.4. The molecule has 3 aromatic carbocycles. The SMILES string of the molecule is [2H]C([2H])([2H])N1C=CN(c2c(C)ccc3c2c2ccccc2n3-c2ccccc2)[C@H]1C. The maximum atomic E-state index is 7.85. The zero-order valence-corrected chi connectivity index (χ0v) is 15.4. The van der Waals surface area contributed by atoms with E-state index in [1.807, 2.05) is 31.3 Å². The van der Waals surface area contributed by atoms with E-state index in [1.54, 1.807) is 6.20 Å². The number of hydrogen-bond acceptors (Lipinski definition) is 2. The Balaban J connectivity index is 1.82. The maximum Gasteiger partial charge on any atom is 0.102 e. The first-order valence-corrected chi connectivity index (χ1v) is 9.21. The van der Waals surface area contributed by atoms with Crippen molar-refractivity contribution in [3.05, 3.63) is 84.7 Å². The van der Waals surface area contributed by atoms with Crippen LogP contribution in [0.3, 0.4) is 0 Å². The van der Waals surface area contributed by atoms with E-state index in [1.165, 1.54) is 4.90 Å². The number of rotatable bonds is 2. The molecular weight excluding hydrogens is 330 g/mol. The molecule has 0 saturated carbocycles. The number of fused-ring (bicyclic) bond motifs is 3. The largest absolute Gasteiger partial charge is 0.359 e. The average Bonchev–Trinajstić information content (AvgIpc) is 3.27. The van der Waals surface area contributed by atoms with Gasteiger partial charge in [-0.05, 0) is 43.7 Å². The molecule has 2 heterocycles. The molecule has 134 valence electrons. The molecule has 1 aliphatic heterocycles. The van der Waals surface area contributed by atoms with Crippen molar-refractivity contribution in [2.45, 2.75) is 20.0 Å². The van der Waals surface area contributed by atoms with Crippen molar-refractivity contribution < 1.29 is 4.11 Å². The molecule has 0 saturated heterocycles. The van der Waals surface area contributed by atoms with Crippen LogP contribution < -0.4 is 4.90 Å². The molecule has 0 N–H and O–H groups in total. The molecule has 0 bridgehead atoms. The quantitative estimate of drug-likeness (QED) is 0.459. The first-order valence-electron chi connectivity index (χ1n) is 10.7. The third-order valence-corrected chi connectivity index (χ3v) is 5.48. The molecule has 1 aliphatic rings. The van der Waals surface area contributed by atoms with Gasteiger partial charge in [0.25, 0.3) is 0 Å². The fourth-order valence-electron chi connectivity index (χ4n) is 4.12. The minimum Gasteiger partial charge on any atom is -0.359 e. The Kier molecular flexibility index (Phi) is 2.86. The standard InChI is InChI=1S/C24H23N3/c1-17-13-14-22-23(24(17)26-16-15-25(3)18(26)2)20-11-7-8-12-21(20)27(22)19-9-5-4-6-10-19/h4-16,18H,1-3H3/t18-/m0/s1/i3D3. The first kappa shape index (κ1) is 13.0. The predicted octanol–water partition coefficient (Wildman–Crippen LogP) is 5.66. The van der Waals surface area contributed by atoms with Crippen molar-refractivity contribution in [2.75, 3.05) is 11.9 Å². The molecule has 4 aromatic rings. The molecule has 0 unspecified atom stereocenters. The summed E-state index contributed by atoms with van der Waals surface area (Å²) in [6.07, 6.45) is 3.25. The van der Waals surface area contributed by atoms with E-state index in [2.05, 4.69) is 64.9 Å². The van der Waals surface area contributed by atoms with E-state index < -0.39 is 6.98 Å². The molecule has 0 fully saturated rings. The number of para-hydroxylation sites is 2. The lowest BCUT2D eigenvalue weighted by atomic mass is 10.1. The Morgan fingerprint density at radius 2 is 1.63 bits per heavy atom. The Bertz CT molecular complexity index is 1270. The van der Waals surface area contributed by atoms with Crippen molar-refractivity contribution in [1.82, 2.24) is 9.47 Å². The van der Waals surface area contributed by atoms with Gasteiger partial charge in [0, 0.05) is 39.9 Å². The summed E-state index contributed by atoms with van der Waals surface area (Å²) in [6.45, 7) is 1.84. The lowest BCUT2D eigenvalue weighted by Crippen LogP contribution is -2.33. The van der Waals surface area contributed by atoms with E-state index >= 15 is 0 Å². The van der Waals surface area contributed by atoms with Gasteiger partial charge in [0.05, 0.1) is 16.7 Å². The molecule has 0 radical (unpaired) electrons. The summed E-state index contributed by atoms with van der Waals surface area (Å²) < 4.78 is 25.8. The molecule has 0 aliphatic carbocycles. The van der Waals surface area contributed by atoms with Crippen LogP contribution in [-0.4, -0.2) is 22.6 Å². The molecule has 0 spiro atoms. The second-order valence-electron chi connectivity index (χ2n) is 7.06. The highest BCUT2D eigenvalue weighted by atomic mass is 15.4. The molecule has 1 atom stereocenters. The van der Waals surface area contributed by atoms with Gasteiger partial charge in [0.15, 0.2) is 0 Å². The second-order valence-corrected chi connectivity index (χ2v) is 7.06. The molecule has 5 rings (SSSR count). The number of hydrogen-bond donors (Lipinski definition) is 0. The number of anilines is 1. The number of aryl methyl sites for hydroxylation is 1. The fraction of sp³-hybridized carbons (Fsp3) is 0.167. The highest BCUT2D eigenvalue weighted by Crippen LogP contribution is 2.41. The van der Waals surface area contributed by atoms with Crippen molar-refractivity contribution in [1.29, 1.82) is 0 Å². The van der Waals surface area contributed by atoms with Crippen LogP contribution in [0.15, 0.2) is 79.1 Å². The molecule has 3 nitrogen and oxygen atoms in total. The third-order valence-electron chi connectivity index (χ3n) is 5.48. The van der Waals surface area contributed by atoms with Crippen LogP contribution in [0.1, 0.15) is 16.6 Å². The van der Waals surface area contributed by atoms with Crippen LogP contribution in [0, 0.1) is 6.92 Å². The van der Waals surface area contributed by atoms with E-state index in [-0.39, 0.29) is 6.17 Å². The van der Waals surface area contributed by atoms with Crippen LogP contribution >= 0.6 is 0 Å². The van der Waals surface area contributed by atoms with Gasteiger partial charge in [0.1, 0.15) is 6.17 Å². The average molecular weight is 356 g/mol. The van der Waals surface area contributed by atoms with Gasteiger partial charge in [0.2, 0.25) is 0 Å². The van der Waals surface area contributed by atoms with Gasteiger partial charge in [-0.15, -0.1) is 0 Å². The fourth-order valence-corrected chi connectivity index (χ4v) is 4.12. The smallest absolute Gasteiger partial charge is 0.102 e. The van der Waals surface area contributed by atoms with Gasteiger partial charge in [-0.25, -0.2) is 0 Å². The van der Waals surface area contributed by atoms with Crippen molar-refractivity contribution in [3.63, 3.8) is 0 Å². The predicted molar refractivity (Wildman–Crippen MR) is 114 cm³/mol. The highest BCUT2D eigenvalue weighted by molar-refractivity contribution is 6.16. The summed E-state index contributed by atoms with van der Waals surface area (Å²) in [7, 11) is 0. The van der Waals surface area contributed by atoms with Crippen molar-refractivity contribution in [3.8, 4) is 5.69 Å². The van der Waals surface area contributed by atoms with Gasteiger partial charge in [-0.1, -0.05) is 42.5 Å². The van der Waals surface area contributed by atoms with E-state index in [4.69, 9.17) is 4.11 Å². The van der Waals surface area contributed by atoms with Gasteiger partial charge >= 0.3 is 0 Å². The van der Waals surface area contributed by atoms with Crippen molar-refractivity contribution in [2.24, 2.45) is 0 Å². The summed E-state index contributed by atoms with van der Waals surface area (Å²) in [5.41, 5.74) is 5.51. The number of nitrogens with zero attached hydrogens (tertiary/aromatic N) is 3. The second kappa shape index (κ2) is 5.92. The summed E-state index contributed by atoms with van der Waals surface area (Å²) in [4.78, 5) is 3.51. The van der Waals surface area contributed by atoms with Crippen LogP contribution in [0.25, 0.3) is 27.5 Å². The molecule has 1 aromatic heterocycles. The number of aromatic nitrogens is 1. The van der Waals surface area contributed by atoms with Crippen LogP contribution in [0.4, 0.5) is 5.69 Å². The Labute approximate surface area is 163 Å². The highest BCUT2D eigenvalue weighted by Gasteiger charge is 2.25. The minimum atomic E-state index is -2.18. The molecular formula is C24H23N3. The van der Waals surface area contributed by atoms with E-state index in [0.29, 0.717) is 0 Å². The van der Waals surface area contributed by atoms with Crippen LogP contribution in [0.2, 0.25) is 0 Å². The summed E-state index contributed by atoms with van der Waals surface area (Å²) >= 11 is 0. The maximum absolute atomic E-state index is 7.85. The van der Waals surface area contributed by atoms with Crippen molar-refractivity contribution >= 4 is 27.5 Å². The molecule has 0 amide bonds. The van der Waals surface area contributed by atoms with Gasteiger partial charge < -0.3 is 14.4 Å². The van der Waals surface area contributed by atoms with Crippen LogP contribution in [-0.2, 0) is 0 Å². The lowest BCUT2D eigenvalue weighted by Gasteiger charge is -2.29. The Morgan fingerprint density at radius 1 is 0.852 bits per heavy atom. The van der Waals surface area contributed by atoms with E-state index in [9.17, 15) is 0 Å². The zero-order valence-electron chi connectivity index (χ0n) is 18.4. The van der Waals surface area contributed by atoms with Gasteiger partial charge in [-0.3, -0.25) is 0 Å². The topological polar surface area (TPSA) is 11.4 Å². The zero-order chi connectivity index (χ0) is 21.0. The third kappa shape index (κ3) is 2.28. The molecule has 27 heavy (non-hydrogen) atoms. The monoisotopic (exact) mass is 356 g/mol. The Hall–Kier alpha value is -3.20. The summed E-state index contributed by atoms with van der Waals surface area (Å²) in [5.74, 6) is 0. The summed E-state index contributed by atoms with van der Waals surface area (Å²) in [5, 5.41) is 2.29. The summed E-state index contributed by atoms with van der Waals surface area (Å²) in [6, 6.07) is 23.0. The lowest BCUT2D eigenvalue weighted by molar-refractivity contribution is 0.383. The molecule has 3 heteroatoms. The number of benzene rings is 3. The minimum absolute atomic E-state index is 0.305. The normalized spacial score (nSPS) is 18.9.